The monoisotopic (exact) mass is 1950 g/mol. The number of carbonyl (C=O) groups is 9. The average Bonchev–Trinajstić information content (AvgIpc) is 1.52. The van der Waals surface area contributed by atoms with Crippen molar-refractivity contribution in [3.63, 3.8) is 0 Å². The summed E-state index contributed by atoms with van der Waals surface area (Å²) in [5, 5.41) is 32.6. The zero-order valence-corrected chi connectivity index (χ0v) is 80.8. The van der Waals surface area contributed by atoms with Gasteiger partial charge >= 0.3 is 23.9 Å². The van der Waals surface area contributed by atoms with Crippen molar-refractivity contribution in [2.45, 2.75) is 150 Å². The summed E-state index contributed by atoms with van der Waals surface area (Å²) in [6.07, 6.45) is 22.9. The van der Waals surface area contributed by atoms with Crippen molar-refractivity contribution in [1.82, 2.24) is 73.7 Å². The van der Waals surface area contributed by atoms with Gasteiger partial charge in [0.05, 0.1) is 102 Å². The van der Waals surface area contributed by atoms with E-state index in [1.165, 1.54) is 71.4 Å². The van der Waals surface area contributed by atoms with Crippen LogP contribution in [0, 0.1) is 20.8 Å². The number of anilines is 9. The lowest BCUT2D eigenvalue weighted by Gasteiger charge is -2.36. The summed E-state index contributed by atoms with van der Waals surface area (Å²) in [5.74, 6) is 3.60. The van der Waals surface area contributed by atoms with E-state index in [2.05, 4.69) is 75.4 Å². The highest BCUT2D eigenvalue weighted by molar-refractivity contribution is 6.03. The van der Waals surface area contributed by atoms with Crippen LogP contribution in [0.15, 0.2) is 161 Å². The highest BCUT2D eigenvalue weighted by Gasteiger charge is 2.33. The van der Waals surface area contributed by atoms with Crippen LogP contribution in [0.3, 0.4) is 0 Å². The second-order valence-electron chi connectivity index (χ2n) is 35.5. The Bertz CT molecular complexity index is 6880. The number of ketones is 3. The maximum atomic E-state index is 13.5. The fourth-order valence-electron chi connectivity index (χ4n) is 18.9. The van der Waals surface area contributed by atoms with Crippen molar-refractivity contribution in [3.8, 4) is 0 Å². The third-order valence-corrected chi connectivity index (χ3v) is 26.5. The number of fused-ring (bicyclic) bond motifs is 3. The lowest BCUT2D eigenvalue weighted by Crippen LogP contribution is -2.48. The fraction of sp³-hybridized carbons (Fsp3) is 0.382. The number of nitrogens with two attached hydrogens (primary N) is 1. The first-order valence-electron chi connectivity index (χ1n) is 47.6. The zero-order valence-electron chi connectivity index (χ0n) is 80.8. The van der Waals surface area contributed by atoms with E-state index in [0.717, 1.165) is 132 Å². The quantitative estimate of drug-likeness (QED) is 0.0188. The van der Waals surface area contributed by atoms with E-state index >= 15 is 0 Å². The van der Waals surface area contributed by atoms with Gasteiger partial charge < -0.3 is 74.9 Å². The second-order valence-corrected chi connectivity index (χ2v) is 35.5. The van der Waals surface area contributed by atoms with Gasteiger partial charge in [0.1, 0.15) is 34.4 Å². The van der Waals surface area contributed by atoms with Crippen molar-refractivity contribution in [2.75, 3.05) is 137 Å². The molecule has 3 aromatic carbocycles. The van der Waals surface area contributed by atoms with Crippen LogP contribution in [-0.2, 0) is 23.8 Å². The smallest absolute Gasteiger partial charge is 0.337 e. The zero-order chi connectivity index (χ0) is 101. The summed E-state index contributed by atoms with van der Waals surface area (Å²) in [7, 11) is 2.59. The number of ether oxygens (including phenoxy) is 4. The molecule has 7 aliphatic rings. The standard InChI is InChI=1S/C33H35N7O5.C32H33N7O5.C24H29N7O2.C9H8O4.C4H9NO3/c1-20-26-19-35-33(37-29(26)40(24-6-4-5-7-24)31(43)28(20)21(2)41)36-27-13-12-25(18-34-27)38-14-16-39(17-15-38)30(42)22-8-10-23(11-9-22)32(44)45-3;1-19-25-18-34-32(36-28(25)39(23-5-3-4-6-23)30(42)27(19)20(2)40)35-26-12-11-24(17-33-26)37-13-15-38(16-14-37)29(41)21-7-9-22(10-8-21)31(43)44;1-15-19-14-27-24(28-20-8-7-18(13-26-20)30-11-9-25-10-12-30)29-22(19)31(17-5-3-4-6-17)23(33)21(15)16(2)32;1-13-9(12)7-4-2-6(3-5-7)8(10)11;5-8-4-6-2-1-3-7-4/h8-13,18-19,24H,4-7,14-17H2,1-3H3,(H,34,35,36,37);7-12,17-18,23H,3-6,13-16H2,1-2H3,(H,43,44)(H,33,34,35,36);7-8,13-14,17,25H,3-6,9-12H2,1-2H3,(H,26,27,28,29);2-5H,1H3,(H,10,11);4H,1-3,5H2. The molecule has 3 aliphatic carbocycles. The molecule has 4 aliphatic heterocycles. The van der Waals surface area contributed by atoms with Crippen LogP contribution >= 0.6 is 0 Å². The molecule has 12 aromatic rings. The highest BCUT2D eigenvalue weighted by Crippen LogP contribution is 2.37. The predicted octanol–water partition coefficient (Wildman–Crippen LogP) is 12.3. The first-order valence-corrected chi connectivity index (χ1v) is 47.6. The van der Waals surface area contributed by atoms with Crippen LogP contribution in [0.2, 0.25) is 0 Å². The minimum Gasteiger partial charge on any atom is -0.478 e. The number of nitrogens with zero attached hydrogens (tertiary/aromatic N) is 17. The van der Waals surface area contributed by atoms with Crippen molar-refractivity contribution < 1.29 is 77.1 Å². The van der Waals surface area contributed by atoms with E-state index in [1.54, 1.807) is 112 Å². The SMILES string of the molecule is CC(=O)c1c(C)c2cnc(Nc3ccc(N4CCN(C(=O)c5ccc(C(=O)O)cc5)CC4)cn3)nc2n(C2CCCC2)c1=O.CC(=O)c1c(C)c2cnc(Nc3ccc(N4CCNCC4)cn3)nc2n(C2CCCC2)c1=O.COC(=O)c1ccc(C(=O)N2CCN(c3ccc(Nc4ncc5c(C)c(C(C)=O)c(=O)n(C6CCCC6)c5n4)nc3)CC2)cc1.COC(=O)c1ccc(C(=O)O)cc1.NOC1OCCCO1. The van der Waals surface area contributed by atoms with Crippen LogP contribution in [0.4, 0.5) is 52.4 Å². The lowest BCUT2D eigenvalue weighted by atomic mass is 10.0. The van der Waals surface area contributed by atoms with Gasteiger partial charge in [-0.1, -0.05) is 38.5 Å². The van der Waals surface area contributed by atoms with Crippen molar-refractivity contribution in [1.29, 1.82) is 0 Å². The van der Waals surface area contributed by atoms with Crippen LogP contribution in [-0.4, -0.2) is 244 Å². The molecule has 41 nitrogen and oxygen atoms in total. The summed E-state index contributed by atoms with van der Waals surface area (Å²) in [4.78, 5) is 203. The summed E-state index contributed by atoms with van der Waals surface area (Å²) < 4.78 is 24.0. The van der Waals surface area contributed by atoms with E-state index in [0.29, 0.717) is 168 Å². The molecule has 19 rings (SSSR count). The molecule has 8 N–H and O–H groups in total. The molecule has 0 atom stereocenters. The molecule has 7 fully saturated rings. The number of methoxy groups -OCH3 is 2. The third-order valence-electron chi connectivity index (χ3n) is 26.5. The number of amides is 2. The van der Waals surface area contributed by atoms with E-state index < -0.39 is 30.4 Å². The highest BCUT2D eigenvalue weighted by atomic mass is 16.9. The average molecular weight is 1950 g/mol. The number of aromatic nitrogens is 12. The number of carboxylic acids is 2. The van der Waals surface area contributed by atoms with Crippen LogP contribution in [0.25, 0.3) is 33.1 Å². The summed E-state index contributed by atoms with van der Waals surface area (Å²) in [5.41, 5.74) is 8.22. The van der Waals surface area contributed by atoms with E-state index in [-0.39, 0.29) is 91.8 Å². The van der Waals surface area contributed by atoms with E-state index in [1.807, 2.05) is 42.6 Å². The Morgan fingerprint density at radius 1 is 0.378 bits per heavy atom. The van der Waals surface area contributed by atoms with Crippen molar-refractivity contribution in [3.05, 3.63) is 244 Å². The maximum Gasteiger partial charge on any atom is 0.337 e. The number of piperazine rings is 3. The van der Waals surface area contributed by atoms with Gasteiger partial charge in [-0.3, -0.25) is 52.1 Å². The summed E-state index contributed by atoms with van der Waals surface area (Å²) in [6.45, 7) is 18.9. The number of hydrogen-bond acceptors (Lipinski definition) is 34. The molecule has 0 spiro atoms. The maximum absolute atomic E-state index is 13.5. The van der Waals surface area contributed by atoms with Gasteiger partial charge in [0.2, 0.25) is 17.8 Å². The van der Waals surface area contributed by atoms with E-state index in [4.69, 9.17) is 45.3 Å². The molecule has 2 amide bonds. The number of aryl methyl sites for hydroxylation is 3. The van der Waals surface area contributed by atoms with Gasteiger partial charge in [0, 0.05) is 143 Å². The fourth-order valence-corrected chi connectivity index (χ4v) is 18.9. The van der Waals surface area contributed by atoms with Gasteiger partial charge in [0.25, 0.3) is 35.0 Å². The Morgan fingerprint density at radius 3 is 0.923 bits per heavy atom. The molecule has 4 saturated heterocycles. The molecular formula is C102H114N22O19. The lowest BCUT2D eigenvalue weighted by molar-refractivity contribution is -0.312. The Labute approximate surface area is 821 Å². The number of benzene rings is 3. The predicted molar refractivity (Wildman–Crippen MR) is 534 cm³/mol. The molecule has 13 heterocycles. The first kappa shape index (κ1) is 102. The van der Waals surface area contributed by atoms with Gasteiger partial charge in [-0.25, -0.2) is 59.8 Å². The molecule has 0 radical (unpaired) electrons. The van der Waals surface area contributed by atoms with Crippen LogP contribution in [0.1, 0.15) is 232 Å². The van der Waals surface area contributed by atoms with Crippen molar-refractivity contribution in [2.24, 2.45) is 5.90 Å². The molecule has 0 bridgehead atoms. The molecule has 0 unspecified atom stereocenters. The van der Waals surface area contributed by atoms with Gasteiger partial charge in [-0.15, -0.1) is 0 Å². The first-order chi connectivity index (χ1) is 69.1. The Kier molecular flexibility index (Phi) is 33.2. The van der Waals surface area contributed by atoms with Gasteiger partial charge in [-0.2, -0.15) is 15.0 Å². The minimum absolute atomic E-state index is 0.00161. The van der Waals surface area contributed by atoms with Crippen LogP contribution in [0.5, 0.6) is 0 Å². The molecule has 3 saturated carbocycles. The van der Waals surface area contributed by atoms with Gasteiger partial charge in [0.15, 0.2) is 17.3 Å². The number of rotatable bonds is 22. The molecule has 41 heteroatoms. The largest absolute Gasteiger partial charge is 0.478 e. The van der Waals surface area contributed by atoms with Gasteiger partial charge in [-0.05, 0) is 212 Å². The Hall–Kier alpha value is -15.6. The number of aromatic carboxylic acids is 2. The number of hydrogen-bond donors (Lipinski definition) is 7. The molecular weight excluding hydrogens is 1840 g/mol. The molecule has 746 valence electrons. The number of carboxylic acid groups (broad SMARTS) is 2. The summed E-state index contributed by atoms with van der Waals surface area (Å²) >= 11 is 0. The Morgan fingerprint density at radius 2 is 0.664 bits per heavy atom. The number of pyridine rings is 6. The minimum atomic E-state index is -1.03. The number of nitrogens with one attached hydrogen (secondary N) is 4. The third kappa shape index (κ3) is 23.9. The van der Waals surface area contributed by atoms with Crippen LogP contribution < -0.4 is 58.5 Å². The molecule has 9 aromatic heterocycles. The van der Waals surface area contributed by atoms with E-state index in [9.17, 15) is 57.5 Å². The second kappa shape index (κ2) is 46.7. The number of esters is 2. The number of Topliss-reactive ketones (excluding diaryl/α,β-unsaturated/α-hetero) is 3. The molecule has 143 heavy (non-hydrogen) atoms. The Balaban J connectivity index is 0.000000147. The summed E-state index contributed by atoms with van der Waals surface area (Å²) in [6, 6.07) is 29.6. The topological polar surface area (TPSA) is 513 Å². The normalized spacial score (nSPS) is 15.7. The van der Waals surface area contributed by atoms with Crippen molar-refractivity contribution >= 4 is 139 Å². The number of carbonyl (C=O) groups excluding carboxylic acids is 7.